The van der Waals surface area contributed by atoms with E-state index in [2.05, 4.69) is 0 Å². The minimum absolute atomic E-state index is 0.350. The molecule has 0 bridgehead atoms. The molecule has 0 saturated carbocycles. The van der Waals surface area contributed by atoms with E-state index in [1.54, 1.807) is 87.9 Å². The van der Waals surface area contributed by atoms with Gasteiger partial charge in [0.05, 0.1) is 25.3 Å². The maximum absolute atomic E-state index is 12.4. The van der Waals surface area contributed by atoms with Crippen molar-refractivity contribution in [3.05, 3.63) is 83.4 Å². The van der Waals surface area contributed by atoms with Gasteiger partial charge in [-0.25, -0.2) is 9.59 Å². The molecule has 29 heavy (non-hydrogen) atoms. The number of benzene rings is 3. The van der Waals surface area contributed by atoms with Gasteiger partial charge in [-0.3, -0.25) is 0 Å². The molecule has 0 radical (unpaired) electrons. The van der Waals surface area contributed by atoms with Crippen LogP contribution >= 0.6 is 0 Å². The van der Waals surface area contributed by atoms with Crippen molar-refractivity contribution in [2.75, 3.05) is 14.2 Å². The lowest BCUT2D eigenvalue weighted by atomic mass is 10.1. The van der Waals surface area contributed by atoms with Gasteiger partial charge < -0.3 is 18.9 Å². The highest BCUT2D eigenvalue weighted by molar-refractivity contribution is 5.93. The minimum Gasteiger partial charge on any atom is -0.497 e. The summed E-state index contributed by atoms with van der Waals surface area (Å²) in [7, 11) is 3.12. The number of ether oxygens (including phenoxy) is 4. The Kier molecular flexibility index (Phi) is 6.14. The molecule has 6 nitrogen and oxygen atoms in total. The van der Waals surface area contributed by atoms with Crippen molar-refractivity contribution >= 4 is 11.9 Å². The number of methoxy groups -OCH3 is 2. The lowest BCUT2D eigenvalue weighted by Gasteiger charge is -2.10. The van der Waals surface area contributed by atoms with E-state index in [1.165, 1.54) is 0 Å². The van der Waals surface area contributed by atoms with Crippen LogP contribution in [0.2, 0.25) is 0 Å². The third-order valence-corrected chi connectivity index (χ3v) is 4.21. The molecule has 0 saturated heterocycles. The van der Waals surface area contributed by atoms with Gasteiger partial charge in [0.25, 0.3) is 0 Å². The summed E-state index contributed by atoms with van der Waals surface area (Å²) in [4.78, 5) is 24.7. The molecule has 0 unspecified atom stereocenters. The molecule has 0 fully saturated rings. The fourth-order valence-corrected chi connectivity index (χ4v) is 2.59. The molecule has 0 spiro atoms. The molecule has 0 aliphatic carbocycles. The van der Waals surface area contributed by atoms with Crippen LogP contribution in [0.15, 0.2) is 66.7 Å². The highest BCUT2D eigenvalue weighted by Crippen LogP contribution is 2.23. The van der Waals surface area contributed by atoms with Crippen molar-refractivity contribution in [3.8, 4) is 23.0 Å². The first kappa shape index (κ1) is 19.9. The average Bonchev–Trinajstić information content (AvgIpc) is 2.75. The third kappa shape index (κ3) is 4.93. The van der Waals surface area contributed by atoms with E-state index < -0.39 is 11.9 Å². The first-order chi connectivity index (χ1) is 14.0. The quantitative estimate of drug-likeness (QED) is 0.456. The second kappa shape index (κ2) is 8.93. The van der Waals surface area contributed by atoms with Gasteiger partial charge in [-0.1, -0.05) is 0 Å². The normalized spacial score (nSPS) is 10.2. The fraction of sp³-hybridized carbons (Fsp3) is 0.130. The van der Waals surface area contributed by atoms with Crippen molar-refractivity contribution in [3.63, 3.8) is 0 Å². The van der Waals surface area contributed by atoms with Gasteiger partial charge in [-0.15, -0.1) is 0 Å². The molecule has 0 amide bonds. The highest BCUT2D eigenvalue weighted by Gasteiger charge is 2.14. The molecular weight excluding hydrogens is 372 g/mol. The van der Waals surface area contributed by atoms with Crippen LogP contribution in [0.25, 0.3) is 0 Å². The number of aryl methyl sites for hydroxylation is 1. The fourth-order valence-electron chi connectivity index (χ4n) is 2.59. The van der Waals surface area contributed by atoms with Crippen molar-refractivity contribution in [1.29, 1.82) is 0 Å². The Labute approximate surface area is 168 Å². The van der Waals surface area contributed by atoms with Crippen molar-refractivity contribution in [2.45, 2.75) is 6.92 Å². The molecule has 0 atom stereocenters. The van der Waals surface area contributed by atoms with Crippen LogP contribution in [0, 0.1) is 6.92 Å². The second-order valence-electron chi connectivity index (χ2n) is 6.16. The summed E-state index contributed by atoms with van der Waals surface area (Å²) < 4.78 is 20.9. The molecule has 0 aromatic heterocycles. The zero-order chi connectivity index (χ0) is 20.8. The van der Waals surface area contributed by atoms with E-state index in [0.717, 1.165) is 0 Å². The Morgan fingerprint density at radius 3 is 1.66 bits per heavy atom. The lowest BCUT2D eigenvalue weighted by Crippen LogP contribution is -2.11. The topological polar surface area (TPSA) is 71.1 Å². The Balaban J connectivity index is 1.68. The van der Waals surface area contributed by atoms with Gasteiger partial charge in [0, 0.05) is 0 Å². The molecule has 3 rings (SSSR count). The largest absolute Gasteiger partial charge is 0.497 e. The molecule has 0 heterocycles. The van der Waals surface area contributed by atoms with Gasteiger partial charge >= 0.3 is 11.9 Å². The summed E-state index contributed by atoms with van der Waals surface area (Å²) in [6, 6.07) is 18.0. The highest BCUT2D eigenvalue weighted by atomic mass is 16.5. The number of hydrogen-bond acceptors (Lipinski definition) is 6. The van der Waals surface area contributed by atoms with E-state index in [-0.39, 0.29) is 0 Å². The summed E-state index contributed by atoms with van der Waals surface area (Å²) in [5.41, 5.74) is 1.38. The molecule has 3 aromatic rings. The van der Waals surface area contributed by atoms with Gasteiger partial charge in [0.1, 0.15) is 23.0 Å². The summed E-state index contributed by atoms with van der Waals surface area (Å²) in [5.74, 6) is 1.09. The Morgan fingerprint density at radius 1 is 0.621 bits per heavy atom. The van der Waals surface area contributed by atoms with Crippen LogP contribution in [0.1, 0.15) is 26.3 Å². The van der Waals surface area contributed by atoms with Crippen LogP contribution in [0.3, 0.4) is 0 Å². The minimum atomic E-state index is -0.508. The zero-order valence-corrected chi connectivity index (χ0v) is 16.3. The Morgan fingerprint density at radius 2 is 1.10 bits per heavy atom. The molecule has 0 aliphatic rings. The van der Waals surface area contributed by atoms with Gasteiger partial charge in [-0.2, -0.15) is 0 Å². The van der Waals surface area contributed by atoms with Gasteiger partial charge in [0.2, 0.25) is 0 Å². The number of rotatable bonds is 6. The van der Waals surface area contributed by atoms with E-state index in [0.29, 0.717) is 39.7 Å². The van der Waals surface area contributed by atoms with E-state index in [1.807, 2.05) is 0 Å². The molecule has 148 valence electrons. The number of hydrogen-bond donors (Lipinski definition) is 0. The van der Waals surface area contributed by atoms with Gasteiger partial charge in [0.15, 0.2) is 0 Å². The van der Waals surface area contributed by atoms with Crippen LogP contribution in [0.5, 0.6) is 23.0 Å². The monoisotopic (exact) mass is 392 g/mol. The summed E-state index contributed by atoms with van der Waals surface area (Å²) >= 11 is 0. The third-order valence-electron chi connectivity index (χ3n) is 4.21. The van der Waals surface area contributed by atoms with Crippen LogP contribution in [-0.4, -0.2) is 26.2 Å². The van der Waals surface area contributed by atoms with Gasteiger partial charge in [-0.05, 0) is 79.2 Å². The predicted octanol–water partition coefficient (Wildman–Crippen LogP) is 4.45. The van der Waals surface area contributed by atoms with Crippen molar-refractivity contribution in [2.24, 2.45) is 0 Å². The van der Waals surface area contributed by atoms with Crippen molar-refractivity contribution < 1.29 is 28.5 Å². The van der Waals surface area contributed by atoms with E-state index >= 15 is 0 Å². The molecule has 3 aromatic carbocycles. The molecule has 0 aliphatic heterocycles. The van der Waals surface area contributed by atoms with Crippen molar-refractivity contribution in [1.82, 2.24) is 0 Å². The maximum Gasteiger partial charge on any atom is 0.343 e. The smallest absolute Gasteiger partial charge is 0.343 e. The van der Waals surface area contributed by atoms with Crippen LogP contribution in [-0.2, 0) is 0 Å². The first-order valence-electron chi connectivity index (χ1n) is 8.83. The number of carbonyl (C=O) groups excluding carboxylic acids is 2. The summed E-state index contributed by atoms with van der Waals surface area (Å²) in [6.45, 7) is 1.75. The summed E-state index contributed by atoms with van der Waals surface area (Å²) in [5, 5.41) is 0. The predicted molar refractivity (Wildman–Crippen MR) is 107 cm³/mol. The first-order valence-corrected chi connectivity index (χ1v) is 8.83. The summed E-state index contributed by atoms with van der Waals surface area (Å²) in [6.07, 6.45) is 0. The standard InChI is InChI=1S/C23H20O6/c1-15-14-17(23(25)28-20-11-9-19(27-3)10-12-20)6-13-21(15)29-22(24)16-4-7-18(26-2)8-5-16/h4-14H,1-3H3. The molecule has 0 N–H and O–H groups in total. The average molecular weight is 392 g/mol. The SMILES string of the molecule is COc1ccc(OC(=O)c2ccc(OC(=O)c3ccc(OC)cc3)c(C)c2)cc1. The number of carbonyl (C=O) groups is 2. The molecule has 6 heteroatoms. The zero-order valence-electron chi connectivity index (χ0n) is 16.3. The Bertz CT molecular complexity index is 1010. The Hall–Kier alpha value is -3.80. The number of esters is 2. The van der Waals surface area contributed by atoms with E-state index in [9.17, 15) is 9.59 Å². The maximum atomic E-state index is 12.4. The molecular formula is C23H20O6. The van der Waals surface area contributed by atoms with E-state index in [4.69, 9.17) is 18.9 Å². The van der Waals surface area contributed by atoms with Crippen LogP contribution < -0.4 is 18.9 Å². The lowest BCUT2D eigenvalue weighted by molar-refractivity contribution is 0.0730. The second-order valence-corrected chi connectivity index (χ2v) is 6.16. The van der Waals surface area contributed by atoms with Crippen LogP contribution in [0.4, 0.5) is 0 Å².